The van der Waals surface area contributed by atoms with Gasteiger partial charge in [-0.15, -0.1) is 0 Å². The average molecular weight is 291 g/mol. The Labute approximate surface area is 126 Å². The quantitative estimate of drug-likeness (QED) is 0.774. The van der Waals surface area contributed by atoms with Gasteiger partial charge in [0.2, 0.25) is 5.91 Å². The first kappa shape index (κ1) is 17.2. The Morgan fingerprint density at radius 3 is 2.10 bits per heavy atom. The smallest absolute Gasteiger partial charge is 0.328 e. The van der Waals surface area contributed by atoms with Crippen molar-refractivity contribution in [3.05, 3.63) is 35.4 Å². The summed E-state index contributed by atoms with van der Waals surface area (Å²) in [7, 11) is 0. The molecule has 1 aromatic carbocycles. The van der Waals surface area contributed by atoms with Gasteiger partial charge in [-0.25, -0.2) is 4.79 Å². The molecule has 1 rings (SSSR count). The van der Waals surface area contributed by atoms with E-state index in [1.807, 2.05) is 0 Å². The molecule has 0 aliphatic carbocycles. The summed E-state index contributed by atoms with van der Waals surface area (Å²) in [5, 5.41) is 11.5. The molecule has 2 N–H and O–H groups in total. The van der Waals surface area contributed by atoms with Crippen molar-refractivity contribution in [1.82, 2.24) is 5.32 Å². The van der Waals surface area contributed by atoms with E-state index in [1.54, 1.807) is 0 Å². The summed E-state index contributed by atoms with van der Waals surface area (Å²) in [6, 6.07) is 8.47. The highest BCUT2D eigenvalue weighted by Crippen LogP contribution is 2.10. The van der Waals surface area contributed by atoms with Gasteiger partial charge in [-0.3, -0.25) is 4.79 Å². The molecule has 0 spiro atoms. The van der Waals surface area contributed by atoms with E-state index in [1.165, 1.54) is 25.0 Å². The number of aliphatic carboxylic acids is 1. The zero-order chi connectivity index (χ0) is 15.9. The summed E-state index contributed by atoms with van der Waals surface area (Å²) in [5.74, 6) is -1.24. The first-order chi connectivity index (χ1) is 9.85. The molecule has 0 unspecified atom stereocenters. The Morgan fingerprint density at radius 2 is 1.62 bits per heavy atom. The van der Waals surface area contributed by atoms with Gasteiger partial charge in [-0.2, -0.15) is 0 Å². The number of carbonyl (C=O) groups excluding carboxylic acids is 1. The Balaban J connectivity index is 2.36. The molecule has 0 aliphatic heterocycles. The van der Waals surface area contributed by atoms with Crippen LogP contribution in [-0.2, 0) is 22.4 Å². The van der Waals surface area contributed by atoms with Crippen LogP contribution < -0.4 is 5.32 Å². The molecule has 0 aromatic heterocycles. The van der Waals surface area contributed by atoms with Gasteiger partial charge in [0.15, 0.2) is 0 Å². The standard InChI is InChI=1S/C17H25NO3/c1-4-6-13-9-11-14(12-10-13)7-5-8-15(19)18-17(2,3)16(20)21/h9-12H,4-8H2,1-3H3,(H,18,19)(H,20,21). The maximum absolute atomic E-state index is 11.7. The van der Waals surface area contributed by atoms with Crippen molar-refractivity contribution in [3.63, 3.8) is 0 Å². The van der Waals surface area contributed by atoms with Crippen LogP contribution in [0.3, 0.4) is 0 Å². The van der Waals surface area contributed by atoms with Crippen LogP contribution in [0, 0.1) is 0 Å². The maximum atomic E-state index is 11.7. The maximum Gasteiger partial charge on any atom is 0.328 e. The van der Waals surface area contributed by atoms with Gasteiger partial charge in [0, 0.05) is 6.42 Å². The van der Waals surface area contributed by atoms with E-state index in [0.29, 0.717) is 12.8 Å². The topological polar surface area (TPSA) is 66.4 Å². The minimum absolute atomic E-state index is 0.218. The molecule has 0 saturated heterocycles. The van der Waals surface area contributed by atoms with Crippen LogP contribution in [0.5, 0.6) is 0 Å². The predicted molar refractivity (Wildman–Crippen MR) is 83.2 cm³/mol. The number of benzene rings is 1. The van der Waals surface area contributed by atoms with Gasteiger partial charge in [0.25, 0.3) is 0 Å². The molecule has 0 bridgehead atoms. The third-order valence-corrected chi connectivity index (χ3v) is 3.42. The number of rotatable bonds is 8. The highest BCUT2D eigenvalue weighted by Gasteiger charge is 2.28. The van der Waals surface area contributed by atoms with Crippen molar-refractivity contribution in [3.8, 4) is 0 Å². The fourth-order valence-corrected chi connectivity index (χ4v) is 2.08. The van der Waals surface area contributed by atoms with Crippen molar-refractivity contribution >= 4 is 11.9 Å². The van der Waals surface area contributed by atoms with Crippen molar-refractivity contribution < 1.29 is 14.7 Å². The Hall–Kier alpha value is -1.84. The van der Waals surface area contributed by atoms with Crippen molar-refractivity contribution in [2.45, 2.75) is 58.4 Å². The number of aryl methyl sites for hydroxylation is 2. The van der Waals surface area contributed by atoms with E-state index >= 15 is 0 Å². The van der Waals surface area contributed by atoms with Crippen LogP contribution in [0.4, 0.5) is 0 Å². The lowest BCUT2D eigenvalue weighted by Crippen LogP contribution is -2.49. The molecule has 21 heavy (non-hydrogen) atoms. The Kier molecular flexibility index (Phi) is 6.40. The number of carbonyl (C=O) groups is 2. The SMILES string of the molecule is CCCc1ccc(CCCC(=O)NC(C)(C)C(=O)O)cc1. The van der Waals surface area contributed by atoms with Gasteiger partial charge in [-0.05, 0) is 44.2 Å². The van der Waals surface area contributed by atoms with E-state index < -0.39 is 11.5 Å². The molecular weight excluding hydrogens is 266 g/mol. The third kappa shape index (κ3) is 5.98. The van der Waals surface area contributed by atoms with E-state index in [0.717, 1.165) is 19.3 Å². The zero-order valence-electron chi connectivity index (χ0n) is 13.1. The number of amides is 1. The lowest BCUT2D eigenvalue weighted by molar-refractivity contribution is -0.146. The molecule has 1 amide bonds. The number of nitrogens with one attached hydrogen (secondary N) is 1. The van der Waals surface area contributed by atoms with Crippen LogP contribution >= 0.6 is 0 Å². The second-order valence-electron chi connectivity index (χ2n) is 5.90. The Bertz CT molecular complexity index is 477. The minimum Gasteiger partial charge on any atom is -0.480 e. The van der Waals surface area contributed by atoms with Crippen LogP contribution in [-0.4, -0.2) is 22.5 Å². The normalized spacial score (nSPS) is 11.2. The number of carboxylic acid groups (broad SMARTS) is 1. The van der Waals surface area contributed by atoms with Crippen molar-refractivity contribution in [2.24, 2.45) is 0 Å². The fraction of sp³-hybridized carbons (Fsp3) is 0.529. The largest absolute Gasteiger partial charge is 0.480 e. The van der Waals surface area contributed by atoms with E-state index in [9.17, 15) is 9.59 Å². The van der Waals surface area contributed by atoms with Gasteiger partial charge < -0.3 is 10.4 Å². The van der Waals surface area contributed by atoms with Crippen LogP contribution in [0.15, 0.2) is 24.3 Å². The predicted octanol–water partition coefficient (Wildman–Crippen LogP) is 2.94. The minimum atomic E-state index is -1.21. The summed E-state index contributed by atoms with van der Waals surface area (Å²) in [6.07, 6.45) is 4.11. The second-order valence-corrected chi connectivity index (χ2v) is 5.90. The van der Waals surface area contributed by atoms with Crippen LogP contribution in [0.1, 0.15) is 51.2 Å². The molecular formula is C17H25NO3. The summed E-state index contributed by atoms with van der Waals surface area (Å²) in [4.78, 5) is 22.6. The van der Waals surface area contributed by atoms with Crippen LogP contribution in [0.2, 0.25) is 0 Å². The first-order valence-electron chi connectivity index (χ1n) is 7.47. The molecule has 116 valence electrons. The van der Waals surface area contributed by atoms with Gasteiger partial charge in [-0.1, -0.05) is 37.6 Å². The number of hydrogen-bond donors (Lipinski definition) is 2. The lowest BCUT2D eigenvalue weighted by Gasteiger charge is -2.20. The highest BCUT2D eigenvalue weighted by atomic mass is 16.4. The number of carboxylic acids is 1. The summed E-state index contributed by atoms with van der Waals surface area (Å²) >= 11 is 0. The van der Waals surface area contributed by atoms with E-state index in [4.69, 9.17) is 5.11 Å². The number of hydrogen-bond acceptors (Lipinski definition) is 2. The van der Waals surface area contributed by atoms with E-state index in [-0.39, 0.29) is 5.91 Å². The van der Waals surface area contributed by atoms with Gasteiger partial charge >= 0.3 is 5.97 Å². The molecule has 0 saturated carbocycles. The zero-order valence-corrected chi connectivity index (χ0v) is 13.1. The second kappa shape index (κ2) is 7.81. The summed E-state index contributed by atoms with van der Waals surface area (Å²) in [6.45, 7) is 5.13. The molecule has 0 heterocycles. The van der Waals surface area contributed by atoms with Gasteiger partial charge in [0.05, 0.1) is 0 Å². The lowest BCUT2D eigenvalue weighted by atomic mass is 10.0. The summed E-state index contributed by atoms with van der Waals surface area (Å²) in [5.41, 5.74) is 1.33. The average Bonchev–Trinajstić information content (AvgIpc) is 2.40. The molecule has 4 heteroatoms. The highest BCUT2D eigenvalue weighted by molar-refractivity contribution is 5.86. The molecule has 4 nitrogen and oxygen atoms in total. The summed E-state index contributed by atoms with van der Waals surface area (Å²) < 4.78 is 0. The monoisotopic (exact) mass is 291 g/mol. The fourth-order valence-electron chi connectivity index (χ4n) is 2.08. The third-order valence-electron chi connectivity index (χ3n) is 3.42. The molecule has 0 radical (unpaired) electrons. The molecule has 1 aromatic rings. The molecule has 0 atom stereocenters. The first-order valence-corrected chi connectivity index (χ1v) is 7.47. The van der Waals surface area contributed by atoms with Crippen molar-refractivity contribution in [1.29, 1.82) is 0 Å². The van der Waals surface area contributed by atoms with Crippen molar-refractivity contribution in [2.75, 3.05) is 0 Å². The van der Waals surface area contributed by atoms with E-state index in [2.05, 4.69) is 36.5 Å². The Morgan fingerprint density at radius 1 is 1.10 bits per heavy atom. The molecule has 0 aliphatic rings. The molecule has 0 fully saturated rings. The van der Waals surface area contributed by atoms with Crippen LogP contribution in [0.25, 0.3) is 0 Å². The van der Waals surface area contributed by atoms with Gasteiger partial charge in [0.1, 0.15) is 5.54 Å².